The van der Waals surface area contributed by atoms with Crippen LogP contribution in [0.3, 0.4) is 0 Å². The van der Waals surface area contributed by atoms with Gasteiger partial charge in [0.2, 0.25) is 5.91 Å². The number of halogens is 1. The van der Waals surface area contributed by atoms with Crippen LogP contribution in [0.2, 0.25) is 5.02 Å². The minimum atomic E-state index is -0.0748. The van der Waals surface area contributed by atoms with Gasteiger partial charge in [-0.1, -0.05) is 28.9 Å². The van der Waals surface area contributed by atoms with Crippen molar-refractivity contribution in [2.24, 2.45) is 0 Å². The smallest absolute Gasteiger partial charge is 0.239 e. The molecule has 0 N–H and O–H groups in total. The van der Waals surface area contributed by atoms with E-state index in [0.29, 0.717) is 22.4 Å². The summed E-state index contributed by atoms with van der Waals surface area (Å²) in [5.41, 5.74) is 1.03. The second-order valence-electron chi connectivity index (χ2n) is 4.27. The van der Waals surface area contributed by atoms with E-state index < -0.39 is 0 Å². The van der Waals surface area contributed by atoms with Gasteiger partial charge in [-0.15, -0.1) is 11.8 Å². The molecule has 6 heteroatoms. The molecule has 98 valence electrons. The molecular formula is C13H11ClN2O2S. The standard InChI is InChI=1S/C13H11ClN2O2S/c1-8-6-11(15-18-8)16-12(17)7-19-13(16)9-2-4-10(14)5-3-9/h2-6,13H,7H2,1H3. The number of rotatable bonds is 2. The van der Waals surface area contributed by atoms with Gasteiger partial charge in [0.1, 0.15) is 11.1 Å². The summed E-state index contributed by atoms with van der Waals surface area (Å²) in [6.45, 7) is 1.81. The number of hydrogen-bond acceptors (Lipinski definition) is 4. The fourth-order valence-corrected chi connectivity index (χ4v) is 3.30. The molecule has 19 heavy (non-hydrogen) atoms. The van der Waals surface area contributed by atoms with E-state index in [4.69, 9.17) is 16.1 Å². The van der Waals surface area contributed by atoms with Crippen molar-refractivity contribution in [1.82, 2.24) is 5.16 Å². The largest absolute Gasteiger partial charge is 0.360 e. The van der Waals surface area contributed by atoms with Gasteiger partial charge in [-0.25, -0.2) is 0 Å². The van der Waals surface area contributed by atoms with Gasteiger partial charge in [-0.05, 0) is 24.6 Å². The van der Waals surface area contributed by atoms with Crippen LogP contribution in [0.25, 0.3) is 0 Å². The number of thioether (sulfide) groups is 1. The monoisotopic (exact) mass is 294 g/mol. The molecule has 1 aromatic heterocycles. The van der Waals surface area contributed by atoms with Crippen molar-refractivity contribution >= 4 is 35.1 Å². The number of hydrogen-bond donors (Lipinski definition) is 0. The highest BCUT2D eigenvalue weighted by Gasteiger charge is 2.35. The Morgan fingerprint density at radius 1 is 1.42 bits per heavy atom. The van der Waals surface area contributed by atoms with E-state index in [1.54, 1.807) is 22.7 Å². The SMILES string of the molecule is Cc1cc(N2C(=O)CSC2c2ccc(Cl)cc2)no1. The van der Waals surface area contributed by atoms with Crippen LogP contribution in [0.4, 0.5) is 5.82 Å². The fourth-order valence-electron chi connectivity index (χ4n) is 2.01. The van der Waals surface area contributed by atoms with Crippen molar-refractivity contribution in [1.29, 1.82) is 0 Å². The first-order valence-electron chi connectivity index (χ1n) is 5.77. The average Bonchev–Trinajstić information content (AvgIpc) is 2.96. The molecule has 0 spiro atoms. The molecular weight excluding hydrogens is 284 g/mol. The van der Waals surface area contributed by atoms with Gasteiger partial charge >= 0.3 is 0 Å². The number of anilines is 1. The Hall–Kier alpha value is -1.46. The molecule has 0 bridgehead atoms. The Morgan fingerprint density at radius 3 is 2.79 bits per heavy atom. The highest BCUT2D eigenvalue weighted by Crippen LogP contribution is 2.41. The molecule has 0 saturated carbocycles. The fraction of sp³-hybridized carbons (Fsp3) is 0.231. The number of carbonyl (C=O) groups excluding carboxylic acids is 1. The normalized spacial score (nSPS) is 19.2. The van der Waals surface area contributed by atoms with E-state index in [-0.39, 0.29) is 11.3 Å². The van der Waals surface area contributed by atoms with Crippen molar-refractivity contribution in [2.75, 3.05) is 10.7 Å². The Bertz CT molecular complexity index is 611. The summed E-state index contributed by atoms with van der Waals surface area (Å²) >= 11 is 7.46. The van der Waals surface area contributed by atoms with Crippen LogP contribution in [-0.2, 0) is 4.79 Å². The highest BCUT2D eigenvalue weighted by atomic mass is 35.5. The van der Waals surface area contributed by atoms with Crippen LogP contribution in [0.1, 0.15) is 16.7 Å². The molecule has 1 saturated heterocycles. The van der Waals surface area contributed by atoms with Gasteiger partial charge in [-0.2, -0.15) is 0 Å². The average molecular weight is 295 g/mol. The predicted molar refractivity (Wildman–Crippen MR) is 75.4 cm³/mol. The van der Waals surface area contributed by atoms with Crippen molar-refractivity contribution in [2.45, 2.75) is 12.3 Å². The molecule has 2 heterocycles. The molecule has 0 radical (unpaired) electrons. The Labute approximate surface area is 119 Å². The van der Waals surface area contributed by atoms with Crippen LogP contribution < -0.4 is 4.90 Å². The van der Waals surface area contributed by atoms with E-state index in [2.05, 4.69) is 5.16 Å². The Kier molecular flexibility index (Phi) is 3.24. The summed E-state index contributed by atoms with van der Waals surface area (Å²) in [6.07, 6.45) is 0. The van der Waals surface area contributed by atoms with Gasteiger partial charge in [0, 0.05) is 11.1 Å². The first-order chi connectivity index (χ1) is 9.15. The van der Waals surface area contributed by atoms with Crippen molar-refractivity contribution in [3.8, 4) is 0 Å². The van der Waals surface area contributed by atoms with Gasteiger partial charge in [0.05, 0.1) is 5.75 Å². The molecule has 1 aromatic carbocycles. The zero-order chi connectivity index (χ0) is 13.4. The maximum atomic E-state index is 12.0. The van der Waals surface area contributed by atoms with E-state index in [1.165, 1.54) is 0 Å². The zero-order valence-electron chi connectivity index (χ0n) is 10.2. The predicted octanol–water partition coefficient (Wildman–Crippen LogP) is 3.42. The third kappa shape index (κ3) is 2.35. The zero-order valence-corrected chi connectivity index (χ0v) is 11.7. The number of nitrogens with zero attached hydrogens (tertiary/aromatic N) is 2. The van der Waals surface area contributed by atoms with Gasteiger partial charge in [-0.3, -0.25) is 9.69 Å². The van der Waals surface area contributed by atoms with Gasteiger partial charge in [0.15, 0.2) is 5.82 Å². The van der Waals surface area contributed by atoms with Crippen molar-refractivity contribution < 1.29 is 9.32 Å². The van der Waals surface area contributed by atoms with E-state index in [9.17, 15) is 4.79 Å². The summed E-state index contributed by atoms with van der Waals surface area (Å²) < 4.78 is 5.05. The summed E-state index contributed by atoms with van der Waals surface area (Å²) in [4.78, 5) is 13.7. The summed E-state index contributed by atoms with van der Waals surface area (Å²) in [5.74, 6) is 1.74. The van der Waals surface area contributed by atoms with Crippen LogP contribution >= 0.6 is 23.4 Å². The van der Waals surface area contributed by atoms with Crippen LogP contribution in [-0.4, -0.2) is 16.8 Å². The first-order valence-corrected chi connectivity index (χ1v) is 7.20. The second kappa shape index (κ2) is 4.90. The second-order valence-corrected chi connectivity index (χ2v) is 5.78. The third-order valence-corrected chi connectivity index (χ3v) is 4.35. The molecule has 3 rings (SSSR count). The molecule has 2 aromatic rings. The maximum absolute atomic E-state index is 12.0. The van der Waals surface area contributed by atoms with Crippen molar-refractivity contribution in [3.63, 3.8) is 0 Å². The summed E-state index contributed by atoms with van der Waals surface area (Å²) in [5, 5.41) is 4.54. The molecule has 4 nitrogen and oxygen atoms in total. The van der Waals surface area contributed by atoms with Crippen LogP contribution in [0.15, 0.2) is 34.9 Å². The van der Waals surface area contributed by atoms with Crippen LogP contribution in [0.5, 0.6) is 0 Å². The maximum Gasteiger partial charge on any atom is 0.239 e. The lowest BCUT2D eigenvalue weighted by molar-refractivity contribution is -0.115. The van der Waals surface area contributed by atoms with Gasteiger partial charge < -0.3 is 4.52 Å². The molecule has 1 aliphatic heterocycles. The lowest BCUT2D eigenvalue weighted by Gasteiger charge is -2.21. The summed E-state index contributed by atoms with van der Waals surface area (Å²) in [7, 11) is 0. The highest BCUT2D eigenvalue weighted by molar-refractivity contribution is 8.00. The minimum Gasteiger partial charge on any atom is -0.360 e. The number of amides is 1. The van der Waals surface area contributed by atoms with Crippen molar-refractivity contribution in [3.05, 3.63) is 46.7 Å². The molecule has 1 atom stereocenters. The number of aryl methyl sites for hydroxylation is 1. The lowest BCUT2D eigenvalue weighted by Crippen LogP contribution is -2.28. The summed E-state index contributed by atoms with van der Waals surface area (Å²) in [6, 6.07) is 9.28. The Morgan fingerprint density at radius 2 is 2.16 bits per heavy atom. The van der Waals surface area contributed by atoms with E-state index in [0.717, 1.165) is 5.56 Å². The minimum absolute atomic E-state index is 0.0400. The molecule has 1 fully saturated rings. The number of aromatic nitrogens is 1. The third-order valence-electron chi connectivity index (χ3n) is 2.89. The molecule has 1 aliphatic rings. The Balaban J connectivity index is 1.96. The number of carbonyl (C=O) groups is 1. The van der Waals surface area contributed by atoms with Gasteiger partial charge in [0.25, 0.3) is 0 Å². The topological polar surface area (TPSA) is 46.3 Å². The van der Waals surface area contributed by atoms with E-state index >= 15 is 0 Å². The number of benzene rings is 1. The molecule has 0 aliphatic carbocycles. The lowest BCUT2D eigenvalue weighted by atomic mass is 10.2. The first kappa shape index (κ1) is 12.6. The molecule has 1 amide bonds. The quantitative estimate of drug-likeness (QED) is 0.851. The van der Waals surface area contributed by atoms with E-state index in [1.807, 2.05) is 31.2 Å². The van der Waals surface area contributed by atoms with Crippen LogP contribution in [0, 0.1) is 6.92 Å². The molecule has 1 unspecified atom stereocenters.